The Kier molecular flexibility index (Phi) is 8.88. The Morgan fingerprint density at radius 2 is 1.97 bits per heavy atom. The summed E-state index contributed by atoms with van der Waals surface area (Å²) in [5.74, 6) is 1.16. The maximum atomic E-state index is 12.1. The molecule has 1 amide bonds. The number of aromatic nitrogens is 2. The topological polar surface area (TPSA) is 103 Å². The van der Waals surface area contributed by atoms with E-state index in [4.69, 9.17) is 16.3 Å². The van der Waals surface area contributed by atoms with Gasteiger partial charge >= 0.3 is 0 Å². The molecule has 0 saturated carbocycles. The first kappa shape index (κ1) is 25.8. The number of likely N-dealkylation sites (N-methyl/N-ethyl adjacent to an activating group) is 1. The van der Waals surface area contributed by atoms with Crippen LogP contribution in [-0.4, -0.2) is 54.6 Å². The highest BCUT2D eigenvalue weighted by Crippen LogP contribution is 2.36. The highest BCUT2D eigenvalue weighted by molar-refractivity contribution is 6.30. The SMILES string of the molecule is C=CC(=O)Nc1cc(Nc2nccc(Nc3cccc(Cl)c3)n2)c(OC)cc1NCC(C)N(C)C. The number of ether oxygens (including phenoxy) is 1. The second-order valence-corrected chi connectivity index (χ2v) is 8.45. The lowest BCUT2D eigenvalue weighted by Crippen LogP contribution is -2.31. The molecule has 0 aliphatic rings. The largest absolute Gasteiger partial charge is 0.494 e. The Morgan fingerprint density at radius 1 is 1.17 bits per heavy atom. The fraction of sp³-hybridized carbons (Fsp3) is 0.240. The summed E-state index contributed by atoms with van der Waals surface area (Å²) in [6.07, 6.45) is 2.85. The van der Waals surface area contributed by atoms with Crippen molar-refractivity contribution in [3.8, 4) is 5.75 Å². The predicted molar refractivity (Wildman–Crippen MR) is 144 cm³/mol. The molecule has 4 N–H and O–H groups in total. The lowest BCUT2D eigenvalue weighted by atomic mass is 10.2. The van der Waals surface area contributed by atoms with Crippen LogP contribution in [0.25, 0.3) is 0 Å². The summed E-state index contributed by atoms with van der Waals surface area (Å²) in [5.41, 5.74) is 2.67. The van der Waals surface area contributed by atoms with Crippen LogP contribution < -0.4 is 26.0 Å². The number of methoxy groups -OCH3 is 1. The standard InChI is InChI=1S/C25H30ClN7O2/c1-6-24(34)30-20-13-21(22(35-5)14-19(20)28-15-16(2)33(3)4)31-25-27-11-10-23(32-25)29-18-9-7-8-17(26)12-18/h6-14,16,28H,1,15H2,2-5H3,(H,30,34)(H2,27,29,31,32). The summed E-state index contributed by atoms with van der Waals surface area (Å²) < 4.78 is 5.61. The Labute approximate surface area is 210 Å². The summed E-state index contributed by atoms with van der Waals surface area (Å²) in [6.45, 7) is 6.31. The third-order valence-corrected chi connectivity index (χ3v) is 5.49. The van der Waals surface area contributed by atoms with Crippen molar-refractivity contribution in [3.05, 3.63) is 66.3 Å². The van der Waals surface area contributed by atoms with Crippen LogP contribution in [0.15, 0.2) is 61.3 Å². The van der Waals surface area contributed by atoms with Gasteiger partial charge in [0.15, 0.2) is 0 Å². The van der Waals surface area contributed by atoms with Crippen molar-refractivity contribution in [2.24, 2.45) is 0 Å². The number of hydrogen-bond acceptors (Lipinski definition) is 8. The van der Waals surface area contributed by atoms with Crippen molar-refractivity contribution >= 4 is 52.0 Å². The summed E-state index contributed by atoms with van der Waals surface area (Å²) >= 11 is 6.07. The highest BCUT2D eigenvalue weighted by Gasteiger charge is 2.15. The van der Waals surface area contributed by atoms with E-state index < -0.39 is 0 Å². The average Bonchev–Trinajstić information content (AvgIpc) is 2.83. The van der Waals surface area contributed by atoms with Crippen LogP contribution >= 0.6 is 11.6 Å². The van der Waals surface area contributed by atoms with E-state index in [-0.39, 0.29) is 11.9 Å². The number of carbonyl (C=O) groups is 1. The van der Waals surface area contributed by atoms with E-state index in [1.807, 2.05) is 32.3 Å². The number of carbonyl (C=O) groups excluding carboxylic acids is 1. The van der Waals surface area contributed by atoms with E-state index in [2.05, 4.69) is 49.6 Å². The van der Waals surface area contributed by atoms with Gasteiger partial charge in [-0.2, -0.15) is 4.98 Å². The minimum absolute atomic E-state index is 0.268. The molecular formula is C25H30ClN7O2. The Bertz CT molecular complexity index is 1190. The van der Waals surface area contributed by atoms with E-state index in [1.54, 1.807) is 37.6 Å². The number of hydrogen-bond donors (Lipinski definition) is 4. The molecule has 0 spiro atoms. The van der Waals surface area contributed by atoms with Crippen LogP contribution in [-0.2, 0) is 4.79 Å². The molecule has 3 rings (SSSR count). The van der Waals surface area contributed by atoms with Crippen molar-refractivity contribution < 1.29 is 9.53 Å². The molecule has 1 heterocycles. The Morgan fingerprint density at radius 3 is 2.66 bits per heavy atom. The van der Waals surface area contributed by atoms with E-state index in [9.17, 15) is 4.79 Å². The molecule has 9 nitrogen and oxygen atoms in total. The molecule has 0 bridgehead atoms. The van der Waals surface area contributed by atoms with Gasteiger partial charge in [-0.25, -0.2) is 4.98 Å². The summed E-state index contributed by atoms with van der Waals surface area (Å²) in [5, 5.41) is 13.2. The molecule has 3 aromatic rings. The molecule has 0 aliphatic carbocycles. The normalized spacial score (nSPS) is 11.5. The summed E-state index contributed by atoms with van der Waals surface area (Å²) in [4.78, 5) is 23.0. The first-order valence-corrected chi connectivity index (χ1v) is 11.3. The Hall–Kier alpha value is -3.82. The predicted octanol–water partition coefficient (Wildman–Crippen LogP) is 5.11. The van der Waals surface area contributed by atoms with Crippen molar-refractivity contribution in [2.75, 3.05) is 49.0 Å². The number of halogens is 1. The molecule has 35 heavy (non-hydrogen) atoms. The lowest BCUT2D eigenvalue weighted by Gasteiger charge is -2.23. The van der Waals surface area contributed by atoms with Crippen LogP contribution in [0.5, 0.6) is 5.75 Å². The van der Waals surface area contributed by atoms with Gasteiger partial charge in [-0.3, -0.25) is 4.79 Å². The first-order chi connectivity index (χ1) is 16.8. The maximum Gasteiger partial charge on any atom is 0.247 e. The molecule has 184 valence electrons. The number of anilines is 6. The van der Waals surface area contributed by atoms with Gasteiger partial charge in [-0.05, 0) is 57.4 Å². The van der Waals surface area contributed by atoms with Crippen LogP contribution in [0.3, 0.4) is 0 Å². The van der Waals surface area contributed by atoms with Crippen LogP contribution in [0, 0.1) is 0 Å². The zero-order valence-corrected chi connectivity index (χ0v) is 21.0. The van der Waals surface area contributed by atoms with Gasteiger partial charge in [0.1, 0.15) is 11.6 Å². The number of nitrogens with zero attached hydrogens (tertiary/aromatic N) is 3. The monoisotopic (exact) mass is 495 g/mol. The molecule has 1 atom stereocenters. The van der Waals surface area contributed by atoms with Gasteiger partial charge in [0.25, 0.3) is 0 Å². The molecule has 1 unspecified atom stereocenters. The Balaban J connectivity index is 1.88. The lowest BCUT2D eigenvalue weighted by molar-refractivity contribution is -0.111. The van der Waals surface area contributed by atoms with E-state index in [0.717, 1.165) is 5.69 Å². The number of amides is 1. The number of rotatable bonds is 11. The average molecular weight is 496 g/mol. The first-order valence-electron chi connectivity index (χ1n) is 11.0. The fourth-order valence-electron chi connectivity index (χ4n) is 3.04. The van der Waals surface area contributed by atoms with Gasteiger partial charge in [0.2, 0.25) is 11.9 Å². The molecule has 0 fully saturated rings. The van der Waals surface area contributed by atoms with E-state index in [0.29, 0.717) is 46.1 Å². The van der Waals surface area contributed by atoms with Crippen LogP contribution in [0.4, 0.5) is 34.5 Å². The molecule has 0 saturated heterocycles. The second kappa shape index (κ2) is 12.0. The minimum atomic E-state index is -0.325. The van der Waals surface area contributed by atoms with Gasteiger partial charge in [0, 0.05) is 35.6 Å². The quantitative estimate of drug-likeness (QED) is 0.272. The van der Waals surface area contributed by atoms with Crippen LogP contribution in [0.1, 0.15) is 6.92 Å². The van der Waals surface area contributed by atoms with Gasteiger partial charge < -0.3 is 30.9 Å². The molecule has 0 radical (unpaired) electrons. The summed E-state index contributed by atoms with van der Waals surface area (Å²) in [7, 11) is 5.60. The smallest absolute Gasteiger partial charge is 0.247 e. The van der Waals surface area contributed by atoms with Crippen molar-refractivity contribution in [3.63, 3.8) is 0 Å². The van der Waals surface area contributed by atoms with Gasteiger partial charge in [-0.1, -0.05) is 24.2 Å². The third-order valence-electron chi connectivity index (χ3n) is 5.25. The van der Waals surface area contributed by atoms with Gasteiger partial charge in [-0.15, -0.1) is 0 Å². The second-order valence-electron chi connectivity index (χ2n) is 8.01. The molecular weight excluding hydrogens is 466 g/mol. The molecule has 1 aromatic heterocycles. The number of benzene rings is 2. The van der Waals surface area contributed by atoms with E-state index >= 15 is 0 Å². The maximum absolute atomic E-state index is 12.1. The van der Waals surface area contributed by atoms with Crippen LogP contribution in [0.2, 0.25) is 5.02 Å². The zero-order chi connectivity index (χ0) is 25.4. The fourth-order valence-corrected chi connectivity index (χ4v) is 3.23. The third kappa shape index (κ3) is 7.33. The number of nitrogens with one attached hydrogen (secondary N) is 4. The highest BCUT2D eigenvalue weighted by atomic mass is 35.5. The van der Waals surface area contributed by atoms with E-state index in [1.165, 1.54) is 6.08 Å². The summed E-state index contributed by atoms with van der Waals surface area (Å²) in [6, 6.07) is 12.9. The molecule has 10 heteroatoms. The molecule has 2 aromatic carbocycles. The van der Waals surface area contributed by atoms with Crippen molar-refractivity contribution in [1.29, 1.82) is 0 Å². The van der Waals surface area contributed by atoms with Crippen molar-refractivity contribution in [2.45, 2.75) is 13.0 Å². The minimum Gasteiger partial charge on any atom is -0.494 e. The van der Waals surface area contributed by atoms with Crippen molar-refractivity contribution in [1.82, 2.24) is 14.9 Å². The zero-order valence-electron chi connectivity index (χ0n) is 20.2. The van der Waals surface area contributed by atoms with Gasteiger partial charge in [0.05, 0.1) is 24.2 Å². The molecule has 0 aliphatic heterocycles.